The zero-order valence-corrected chi connectivity index (χ0v) is 11.3. The lowest BCUT2D eigenvalue weighted by Crippen LogP contribution is -2.42. The molecule has 1 fully saturated rings. The van der Waals surface area contributed by atoms with Crippen molar-refractivity contribution in [3.05, 3.63) is 41.4 Å². The molecule has 1 aromatic rings. The van der Waals surface area contributed by atoms with Crippen molar-refractivity contribution < 1.29 is 14.7 Å². The number of hydrogen-bond acceptors (Lipinski definition) is 3. The van der Waals surface area contributed by atoms with E-state index in [4.69, 9.17) is 11.6 Å². The first-order valence-corrected chi connectivity index (χ1v) is 6.89. The number of allylic oxidation sites excluding steroid dienone is 2. The lowest BCUT2D eigenvalue weighted by molar-refractivity contribution is -0.313. The number of nitrogens with one attached hydrogen (secondary N) is 1. The van der Waals surface area contributed by atoms with E-state index in [0.29, 0.717) is 10.7 Å². The molecule has 2 bridgehead atoms. The van der Waals surface area contributed by atoms with Gasteiger partial charge in [-0.15, -0.1) is 0 Å². The zero-order valence-electron chi connectivity index (χ0n) is 10.6. The molecule has 0 aliphatic heterocycles. The van der Waals surface area contributed by atoms with Crippen LogP contribution in [0.2, 0.25) is 5.02 Å². The van der Waals surface area contributed by atoms with Crippen LogP contribution in [-0.4, -0.2) is 11.9 Å². The Morgan fingerprint density at radius 1 is 1.10 bits per heavy atom. The number of benzene rings is 1. The van der Waals surface area contributed by atoms with Gasteiger partial charge in [-0.3, -0.25) is 4.79 Å². The lowest BCUT2D eigenvalue weighted by atomic mass is 9.82. The second-order valence-corrected chi connectivity index (χ2v) is 5.75. The number of amides is 1. The zero-order chi connectivity index (χ0) is 14.3. The topological polar surface area (TPSA) is 69.2 Å². The van der Waals surface area contributed by atoms with Gasteiger partial charge in [0.15, 0.2) is 0 Å². The Morgan fingerprint density at radius 3 is 2.30 bits per heavy atom. The Kier molecular flexibility index (Phi) is 3.26. The average Bonchev–Trinajstić information content (AvgIpc) is 3.01. The number of rotatable bonds is 3. The summed E-state index contributed by atoms with van der Waals surface area (Å²) in [6.07, 6.45) is 4.55. The van der Waals surface area contributed by atoms with Crippen LogP contribution in [0.4, 0.5) is 5.69 Å². The first-order chi connectivity index (χ1) is 9.56. The third-order valence-corrected chi connectivity index (χ3v) is 4.40. The Labute approximate surface area is 121 Å². The van der Waals surface area contributed by atoms with E-state index >= 15 is 0 Å². The largest absolute Gasteiger partial charge is 0.550 e. The van der Waals surface area contributed by atoms with Gasteiger partial charge in [0.1, 0.15) is 0 Å². The molecule has 0 heterocycles. The average molecular weight is 291 g/mol. The van der Waals surface area contributed by atoms with E-state index in [1.807, 2.05) is 12.2 Å². The molecule has 20 heavy (non-hydrogen) atoms. The minimum atomic E-state index is -1.14. The number of halogens is 1. The molecule has 104 valence electrons. The maximum atomic E-state index is 12.3. The van der Waals surface area contributed by atoms with Crippen LogP contribution in [0.3, 0.4) is 0 Å². The van der Waals surface area contributed by atoms with Crippen LogP contribution >= 0.6 is 11.6 Å². The molecule has 1 N–H and O–H groups in total. The van der Waals surface area contributed by atoms with Crippen LogP contribution in [0.15, 0.2) is 36.4 Å². The monoisotopic (exact) mass is 290 g/mol. The van der Waals surface area contributed by atoms with Crippen molar-refractivity contribution in [1.29, 1.82) is 0 Å². The van der Waals surface area contributed by atoms with Crippen molar-refractivity contribution in [2.75, 3.05) is 5.32 Å². The first kappa shape index (κ1) is 13.2. The molecule has 1 aromatic carbocycles. The molecular weight excluding hydrogens is 278 g/mol. The second kappa shape index (κ2) is 4.94. The molecule has 3 rings (SSSR count). The number of aliphatic carboxylic acids is 1. The molecule has 0 radical (unpaired) electrons. The van der Waals surface area contributed by atoms with Gasteiger partial charge in [0.05, 0.1) is 5.92 Å². The highest BCUT2D eigenvalue weighted by Crippen LogP contribution is 2.48. The van der Waals surface area contributed by atoms with Crippen molar-refractivity contribution >= 4 is 29.2 Å². The van der Waals surface area contributed by atoms with Gasteiger partial charge in [-0.1, -0.05) is 23.8 Å². The molecule has 5 heteroatoms. The summed E-state index contributed by atoms with van der Waals surface area (Å²) >= 11 is 5.78. The number of carbonyl (C=O) groups is 2. The minimum absolute atomic E-state index is 0.00444. The summed E-state index contributed by atoms with van der Waals surface area (Å²) in [5.74, 6) is -2.76. The Bertz CT molecular complexity index is 581. The Morgan fingerprint density at radius 2 is 1.70 bits per heavy atom. The molecule has 4 atom stereocenters. The SMILES string of the molecule is O=C([O-])[C@H]1[C@H](C(=O)Nc2ccc(Cl)cc2)[C@H]2C=C[C@@H]1C2. The number of carboxylic acid groups (broad SMARTS) is 1. The maximum absolute atomic E-state index is 12.3. The van der Waals surface area contributed by atoms with Crippen LogP contribution in [0, 0.1) is 23.7 Å². The summed E-state index contributed by atoms with van der Waals surface area (Å²) < 4.78 is 0. The van der Waals surface area contributed by atoms with Gasteiger partial charge in [-0.25, -0.2) is 0 Å². The fourth-order valence-electron chi connectivity index (χ4n) is 3.26. The molecule has 0 spiro atoms. The van der Waals surface area contributed by atoms with Crippen molar-refractivity contribution in [3.63, 3.8) is 0 Å². The highest BCUT2D eigenvalue weighted by Gasteiger charge is 2.48. The number of hydrogen-bond donors (Lipinski definition) is 1. The summed E-state index contributed by atoms with van der Waals surface area (Å²) in [6.45, 7) is 0. The van der Waals surface area contributed by atoms with E-state index < -0.39 is 17.8 Å². The minimum Gasteiger partial charge on any atom is -0.550 e. The molecule has 0 aromatic heterocycles. The van der Waals surface area contributed by atoms with Crippen LogP contribution < -0.4 is 10.4 Å². The highest BCUT2D eigenvalue weighted by atomic mass is 35.5. The van der Waals surface area contributed by atoms with E-state index in [-0.39, 0.29) is 17.7 Å². The van der Waals surface area contributed by atoms with Gasteiger partial charge in [0.25, 0.3) is 0 Å². The summed E-state index contributed by atoms with van der Waals surface area (Å²) in [7, 11) is 0. The van der Waals surface area contributed by atoms with Crippen LogP contribution in [-0.2, 0) is 9.59 Å². The van der Waals surface area contributed by atoms with E-state index in [1.54, 1.807) is 24.3 Å². The van der Waals surface area contributed by atoms with Crippen molar-refractivity contribution in [2.45, 2.75) is 6.42 Å². The molecule has 4 nitrogen and oxygen atoms in total. The van der Waals surface area contributed by atoms with Crippen molar-refractivity contribution in [1.82, 2.24) is 0 Å². The second-order valence-electron chi connectivity index (χ2n) is 5.32. The summed E-state index contributed by atoms with van der Waals surface area (Å²) in [5.41, 5.74) is 0.614. The fraction of sp³-hybridized carbons (Fsp3) is 0.333. The third-order valence-electron chi connectivity index (χ3n) is 4.15. The van der Waals surface area contributed by atoms with Gasteiger partial charge in [0, 0.05) is 22.6 Å². The standard InChI is InChI=1S/C15H14ClNO3/c16-10-3-5-11(6-4-10)17-14(18)12-8-1-2-9(7-8)13(12)15(19)20/h1-6,8-9,12-13H,7H2,(H,17,18)(H,19,20)/p-1/t8-,9+,12+,13+/m0/s1. The summed E-state index contributed by atoms with van der Waals surface area (Å²) in [6, 6.07) is 6.73. The van der Waals surface area contributed by atoms with Gasteiger partial charge in [-0.2, -0.15) is 0 Å². The first-order valence-electron chi connectivity index (χ1n) is 6.52. The predicted octanol–water partition coefficient (Wildman–Crippen LogP) is 1.47. The number of anilines is 1. The third kappa shape index (κ3) is 2.20. The smallest absolute Gasteiger partial charge is 0.228 e. The molecule has 1 amide bonds. The lowest BCUT2D eigenvalue weighted by Gasteiger charge is -2.27. The van der Waals surface area contributed by atoms with Gasteiger partial charge >= 0.3 is 0 Å². The van der Waals surface area contributed by atoms with E-state index in [9.17, 15) is 14.7 Å². The fourth-order valence-corrected chi connectivity index (χ4v) is 3.39. The van der Waals surface area contributed by atoms with Gasteiger partial charge in [0.2, 0.25) is 5.91 Å². The molecule has 0 saturated heterocycles. The van der Waals surface area contributed by atoms with Crippen LogP contribution in [0.25, 0.3) is 0 Å². The van der Waals surface area contributed by atoms with Gasteiger partial charge in [-0.05, 0) is 42.5 Å². The highest BCUT2D eigenvalue weighted by molar-refractivity contribution is 6.30. The number of fused-ring (bicyclic) bond motifs is 2. The Hall–Kier alpha value is -1.81. The number of carbonyl (C=O) groups excluding carboxylic acids is 2. The normalized spacial score (nSPS) is 30.4. The predicted molar refractivity (Wildman–Crippen MR) is 72.8 cm³/mol. The molecular formula is C15H13ClNO3-. The molecule has 2 aliphatic rings. The maximum Gasteiger partial charge on any atom is 0.228 e. The van der Waals surface area contributed by atoms with Crippen molar-refractivity contribution in [3.8, 4) is 0 Å². The number of carboxylic acids is 1. The van der Waals surface area contributed by atoms with Crippen LogP contribution in [0.5, 0.6) is 0 Å². The molecule has 2 aliphatic carbocycles. The van der Waals surface area contributed by atoms with Crippen molar-refractivity contribution in [2.24, 2.45) is 23.7 Å². The summed E-state index contributed by atoms with van der Waals surface area (Å²) in [4.78, 5) is 23.6. The van der Waals surface area contributed by atoms with E-state index in [2.05, 4.69) is 5.32 Å². The summed E-state index contributed by atoms with van der Waals surface area (Å²) in [5, 5.41) is 14.6. The Balaban J connectivity index is 1.78. The molecule has 0 unspecified atom stereocenters. The van der Waals surface area contributed by atoms with E-state index in [0.717, 1.165) is 6.42 Å². The van der Waals surface area contributed by atoms with Crippen LogP contribution in [0.1, 0.15) is 6.42 Å². The van der Waals surface area contributed by atoms with E-state index in [1.165, 1.54) is 0 Å². The van der Waals surface area contributed by atoms with Gasteiger partial charge < -0.3 is 15.2 Å². The molecule has 1 saturated carbocycles. The quantitative estimate of drug-likeness (QED) is 0.857.